The van der Waals surface area contributed by atoms with Crippen molar-refractivity contribution in [2.24, 2.45) is 0 Å². The highest BCUT2D eigenvalue weighted by atomic mass is 32.2. The van der Waals surface area contributed by atoms with E-state index in [9.17, 15) is 13.2 Å². The van der Waals surface area contributed by atoms with Gasteiger partial charge in [-0.3, -0.25) is 4.79 Å². The highest BCUT2D eigenvalue weighted by molar-refractivity contribution is 7.90. The maximum atomic E-state index is 10.9. The summed E-state index contributed by atoms with van der Waals surface area (Å²) in [5, 5.41) is -0.0203. The molecule has 0 aliphatic rings. The summed E-state index contributed by atoms with van der Waals surface area (Å²) in [5.74, 6) is 0. The minimum absolute atomic E-state index is 0.0203. The number of carbonyl (C=O) groups excluding carboxylic acids is 1. The third-order valence-electron chi connectivity index (χ3n) is 1.28. The molecule has 5 heteroatoms. The van der Waals surface area contributed by atoms with Gasteiger partial charge >= 0.3 is 0 Å². The van der Waals surface area contributed by atoms with E-state index >= 15 is 0 Å². The van der Waals surface area contributed by atoms with Crippen LogP contribution >= 0.6 is 0 Å². The molecule has 1 aromatic rings. The van der Waals surface area contributed by atoms with Gasteiger partial charge in [-0.1, -0.05) is 0 Å². The van der Waals surface area contributed by atoms with Crippen LogP contribution in [0.4, 0.5) is 0 Å². The van der Waals surface area contributed by atoms with E-state index in [1.807, 2.05) is 0 Å². The van der Waals surface area contributed by atoms with Crippen molar-refractivity contribution in [3.05, 3.63) is 23.9 Å². The van der Waals surface area contributed by atoms with Crippen molar-refractivity contribution in [3.63, 3.8) is 0 Å². The fourth-order valence-electron chi connectivity index (χ4n) is 0.681. The molecular weight excluding hydrogens is 178 g/mol. The Kier molecular flexibility index (Phi) is 2.23. The average molecular weight is 185 g/mol. The van der Waals surface area contributed by atoms with E-state index < -0.39 is 9.84 Å². The smallest absolute Gasteiger partial charge is 0.192 e. The van der Waals surface area contributed by atoms with Gasteiger partial charge in [0.2, 0.25) is 0 Å². The zero-order chi connectivity index (χ0) is 9.19. The largest absolute Gasteiger partial charge is 0.298 e. The number of hydrogen-bond donors (Lipinski definition) is 0. The van der Waals surface area contributed by atoms with Crippen molar-refractivity contribution in [2.45, 2.75) is 5.03 Å². The first-order valence-electron chi connectivity index (χ1n) is 3.15. The van der Waals surface area contributed by atoms with Gasteiger partial charge < -0.3 is 0 Å². The lowest BCUT2D eigenvalue weighted by molar-refractivity contribution is 0.112. The first-order chi connectivity index (χ1) is 5.54. The lowest BCUT2D eigenvalue weighted by Gasteiger charge is -1.95. The van der Waals surface area contributed by atoms with Crippen LogP contribution in [-0.4, -0.2) is 25.9 Å². The molecule has 0 amide bonds. The van der Waals surface area contributed by atoms with Gasteiger partial charge in [-0.05, 0) is 12.1 Å². The molecule has 0 bridgehead atoms. The summed E-state index contributed by atoms with van der Waals surface area (Å²) in [4.78, 5) is 13.8. The van der Waals surface area contributed by atoms with Crippen molar-refractivity contribution >= 4 is 16.1 Å². The lowest BCUT2D eigenvalue weighted by Crippen LogP contribution is -2.00. The van der Waals surface area contributed by atoms with Crippen LogP contribution < -0.4 is 0 Å². The molecule has 1 aromatic heterocycles. The molecule has 0 fully saturated rings. The molecule has 0 N–H and O–H groups in total. The molecule has 4 nitrogen and oxygen atoms in total. The molecule has 0 aliphatic carbocycles. The minimum atomic E-state index is -3.25. The van der Waals surface area contributed by atoms with Crippen LogP contribution in [-0.2, 0) is 9.84 Å². The Bertz CT molecular complexity index is 380. The fourth-order valence-corrected chi connectivity index (χ4v) is 1.24. The molecule has 0 saturated carbocycles. The van der Waals surface area contributed by atoms with E-state index in [-0.39, 0.29) is 5.03 Å². The van der Waals surface area contributed by atoms with Crippen LogP contribution in [0.2, 0.25) is 0 Å². The van der Waals surface area contributed by atoms with E-state index in [4.69, 9.17) is 0 Å². The monoisotopic (exact) mass is 185 g/mol. The van der Waals surface area contributed by atoms with E-state index in [1.165, 1.54) is 18.3 Å². The predicted molar refractivity (Wildman–Crippen MR) is 42.7 cm³/mol. The molecule has 0 aliphatic heterocycles. The molecule has 64 valence electrons. The van der Waals surface area contributed by atoms with Gasteiger partial charge in [-0.2, -0.15) is 0 Å². The molecule has 0 radical (unpaired) electrons. The van der Waals surface area contributed by atoms with Crippen LogP contribution in [0.1, 0.15) is 10.4 Å². The van der Waals surface area contributed by atoms with E-state index in [0.717, 1.165) is 6.26 Å². The number of pyridine rings is 1. The zero-order valence-electron chi connectivity index (χ0n) is 6.39. The van der Waals surface area contributed by atoms with Crippen molar-refractivity contribution in [1.82, 2.24) is 4.98 Å². The summed E-state index contributed by atoms with van der Waals surface area (Å²) in [6, 6.07) is 2.72. The maximum absolute atomic E-state index is 10.9. The van der Waals surface area contributed by atoms with Crippen molar-refractivity contribution in [2.75, 3.05) is 6.26 Å². The second kappa shape index (κ2) is 3.02. The lowest BCUT2D eigenvalue weighted by atomic mass is 10.3. The summed E-state index contributed by atoms with van der Waals surface area (Å²) in [7, 11) is -3.25. The molecule has 1 rings (SSSR count). The second-order valence-electron chi connectivity index (χ2n) is 2.32. The van der Waals surface area contributed by atoms with Gasteiger partial charge in [0.15, 0.2) is 21.1 Å². The summed E-state index contributed by atoms with van der Waals surface area (Å²) in [6.07, 6.45) is 2.90. The van der Waals surface area contributed by atoms with Gasteiger partial charge in [-0.15, -0.1) is 0 Å². The van der Waals surface area contributed by atoms with E-state index in [2.05, 4.69) is 4.98 Å². The standard InChI is InChI=1S/C7H7NO3S/c1-12(10,11)7-3-2-6(5-9)4-8-7/h2-5H,1H3. The summed E-state index contributed by atoms with van der Waals surface area (Å²) in [6.45, 7) is 0. The summed E-state index contributed by atoms with van der Waals surface area (Å²) >= 11 is 0. The van der Waals surface area contributed by atoms with Crippen molar-refractivity contribution < 1.29 is 13.2 Å². The zero-order valence-corrected chi connectivity index (χ0v) is 7.21. The molecule has 0 unspecified atom stereocenters. The number of nitrogens with zero attached hydrogens (tertiary/aromatic N) is 1. The Morgan fingerprint density at radius 3 is 2.42 bits per heavy atom. The topological polar surface area (TPSA) is 64.1 Å². The Morgan fingerprint density at radius 1 is 1.42 bits per heavy atom. The predicted octanol–water partition coefficient (Wildman–Crippen LogP) is 0.298. The van der Waals surface area contributed by atoms with Gasteiger partial charge in [-0.25, -0.2) is 13.4 Å². The first kappa shape index (κ1) is 8.86. The Morgan fingerprint density at radius 2 is 2.08 bits per heavy atom. The van der Waals surface area contributed by atoms with Gasteiger partial charge in [0, 0.05) is 18.0 Å². The fraction of sp³-hybridized carbons (Fsp3) is 0.143. The number of aldehydes is 1. The number of rotatable bonds is 2. The van der Waals surface area contributed by atoms with Crippen LogP contribution in [0.5, 0.6) is 0 Å². The van der Waals surface area contributed by atoms with Gasteiger partial charge in [0.25, 0.3) is 0 Å². The SMILES string of the molecule is CS(=O)(=O)c1ccc(C=O)cn1. The molecule has 1 heterocycles. The number of carbonyl (C=O) groups is 1. The molecular formula is C7H7NO3S. The number of aromatic nitrogens is 1. The Balaban J connectivity index is 3.17. The maximum Gasteiger partial charge on any atom is 0.192 e. The van der Waals surface area contributed by atoms with Crippen LogP contribution in [0.15, 0.2) is 23.4 Å². The molecule has 0 spiro atoms. The van der Waals surface area contributed by atoms with Crippen LogP contribution in [0, 0.1) is 0 Å². The minimum Gasteiger partial charge on any atom is -0.298 e. The van der Waals surface area contributed by atoms with Gasteiger partial charge in [0.1, 0.15) is 0 Å². The van der Waals surface area contributed by atoms with Crippen molar-refractivity contribution in [3.8, 4) is 0 Å². The Labute approximate surface area is 70.2 Å². The molecule has 12 heavy (non-hydrogen) atoms. The first-order valence-corrected chi connectivity index (χ1v) is 5.04. The third-order valence-corrected chi connectivity index (χ3v) is 2.28. The third kappa shape index (κ3) is 1.88. The normalized spacial score (nSPS) is 11.1. The quantitative estimate of drug-likeness (QED) is 0.621. The van der Waals surface area contributed by atoms with Crippen LogP contribution in [0.25, 0.3) is 0 Å². The van der Waals surface area contributed by atoms with E-state index in [0.29, 0.717) is 11.8 Å². The Hall–Kier alpha value is -1.23. The van der Waals surface area contributed by atoms with Crippen molar-refractivity contribution in [1.29, 1.82) is 0 Å². The average Bonchev–Trinajstić information content (AvgIpc) is 2.03. The van der Waals surface area contributed by atoms with Gasteiger partial charge in [0.05, 0.1) is 0 Å². The summed E-state index contributed by atoms with van der Waals surface area (Å²) < 4.78 is 21.8. The highest BCUT2D eigenvalue weighted by Crippen LogP contribution is 2.04. The summed E-state index contributed by atoms with van der Waals surface area (Å²) in [5.41, 5.74) is 0.363. The number of sulfone groups is 1. The highest BCUT2D eigenvalue weighted by Gasteiger charge is 2.07. The molecule has 0 saturated heterocycles. The van der Waals surface area contributed by atoms with E-state index in [1.54, 1.807) is 0 Å². The molecule has 0 aromatic carbocycles. The number of hydrogen-bond acceptors (Lipinski definition) is 4. The second-order valence-corrected chi connectivity index (χ2v) is 4.28. The van der Waals surface area contributed by atoms with Crippen LogP contribution in [0.3, 0.4) is 0 Å². The molecule has 0 atom stereocenters.